The summed E-state index contributed by atoms with van der Waals surface area (Å²) in [5, 5.41) is 0. The predicted octanol–water partition coefficient (Wildman–Crippen LogP) is 4.93. The van der Waals surface area contributed by atoms with E-state index < -0.39 is 0 Å². The molecule has 5 aromatic rings. The summed E-state index contributed by atoms with van der Waals surface area (Å²) in [6, 6.07) is 19.0. The van der Waals surface area contributed by atoms with E-state index in [1.165, 1.54) is 16.8 Å². The van der Waals surface area contributed by atoms with Crippen LogP contribution in [-0.2, 0) is 0 Å². The van der Waals surface area contributed by atoms with E-state index >= 15 is 0 Å². The fourth-order valence-electron chi connectivity index (χ4n) is 3.41. The number of benzene rings is 1. The van der Waals surface area contributed by atoms with Gasteiger partial charge >= 0.3 is 0 Å². The molecule has 0 saturated heterocycles. The van der Waals surface area contributed by atoms with Gasteiger partial charge in [0.2, 0.25) is 0 Å². The Morgan fingerprint density at radius 3 is 2.35 bits per heavy atom. The summed E-state index contributed by atoms with van der Waals surface area (Å²) in [6.07, 6.45) is 6.19. The molecule has 0 aliphatic rings. The first-order valence-corrected chi connectivity index (χ1v) is 8.68. The Kier molecular flexibility index (Phi) is 3.19. The van der Waals surface area contributed by atoms with Crippen molar-refractivity contribution in [2.75, 3.05) is 0 Å². The monoisotopic (exact) mass is 338 g/mol. The third kappa shape index (κ3) is 2.39. The Bertz CT molecular complexity index is 1240. The van der Waals surface area contributed by atoms with E-state index in [9.17, 15) is 0 Å². The molecule has 0 aliphatic heterocycles. The van der Waals surface area contributed by atoms with Gasteiger partial charge in [-0.25, -0.2) is 9.97 Å². The molecule has 0 atom stereocenters. The molecule has 0 bridgehead atoms. The van der Waals surface area contributed by atoms with Gasteiger partial charge in [-0.15, -0.1) is 0 Å². The van der Waals surface area contributed by atoms with E-state index in [0.29, 0.717) is 0 Å². The molecule has 126 valence electrons. The Morgan fingerprint density at radius 1 is 0.731 bits per heavy atom. The van der Waals surface area contributed by atoms with Crippen LogP contribution in [0.5, 0.6) is 0 Å². The predicted molar refractivity (Wildman–Crippen MR) is 104 cm³/mol. The first-order chi connectivity index (χ1) is 12.7. The van der Waals surface area contributed by atoms with Crippen molar-refractivity contribution in [1.82, 2.24) is 18.8 Å². The maximum Gasteiger partial charge on any atom is 0.137 e. The van der Waals surface area contributed by atoms with Gasteiger partial charge in [0.1, 0.15) is 11.3 Å². The highest BCUT2D eigenvalue weighted by atomic mass is 15.0. The highest BCUT2D eigenvalue weighted by Gasteiger charge is 2.07. The number of nitrogens with zero attached hydrogens (tertiary/aromatic N) is 4. The van der Waals surface area contributed by atoms with E-state index in [2.05, 4.69) is 71.2 Å². The molecule has 0 amide bonds. The third-order valence-electron chi connectivity index (χ3n) is 4.79. The number of imidazole rings is 2. The molecular weight excluding hydrogens is 320 g/mol. The molecule has 4 aromatic heterocycles. The quantitative estimate of drug-likeness (QED) is 0.457. The lowest BCUT2D eigenvalue weighted by atomic mass is 10.0. The number of aromatic nitrogens is 4. The summed E-state index contributed by atoms with van der Waals surface area (Å²) in [7, 11) is 0. The standard InChI is InChI=1S/C22H18N4/c1-15-13-25-11-10-19(12-22(25)23-15)17-6-8-18(9-7-17)20-14-26-16(2)4-3-5-21(26)24-20/h3-14H,1-2H3. The largest absolute Gasteiger partial charge is 0.307 e. The van der Waals surface area contributed by atoms with Crippen LogP contribution >= 0.6 is 0 Å². The Labute approximate surface area is 151 Å². The van der Waals surface area contributed by atoms with Crippen LogP contribution in [0.4, 0.5) is 0 Å². The van der Waals surface area contributed by atoms with Crippen molar-refractivity contribution in [2.24, 2.45) is 0 Å². The molecular formula is C22H18N4. The molecule has 26 heavy (non-hydrogen) atoms. The van der Waals surface area contributed by atoms with Crippen LogP contribution in [0.3, 0.4) is 0 Å². The summed E-state index contributed by atoms with van der Waals surface area (Å²) in [5.74, 6) is 0. The number of aryl methyl sites for hydroxylation is 2. The molecule has 1 aromatic carbocycles. The fourth-order valence-corrected chi connectivity index (χ4v) is 3.41. The van der Waals surface area contributed by atoms with Gasteiger partial charge in [-0.1, -0.05) is 30.3 Å². The van der Waals surface area contributed by atoms with Gasteiger partial charge in [0.05, 0.1) is 11.4 Å². The van der Waals surface area contributed by atoms with Crippen molar-refractivity contribution in [3.8, 4) is 22.4 Å². The van der Waals surface area contributed by atoms with Crippen LogP contribution in [0.25, 0.3) is 33.7 Å². The van der Waals surface area contributed by atoms with E-state index in [1.807, 2.05) is 29.7 Å². The summed E-state index contributed by atoms with van der Waals surface area (Å²) in [6.45, 7) is 4.10. The smallest absolute Gasteiger partial charge is 0.137 e. The highest BCUT2D eigenvalue weighted by Crippen LogP contribution is 2.26. The second-order valence-corrected chi connectivity index (χ2v) is 6.66. The minimum atomic E-state index is 0.972. The summed E-state index contributed by atoms with van der Waals surface area (Å²) in [4.78, 5) is 9.29. The van der Waals surface area contributed by atoms with Gasteiger partial charge in [-0.2, -0.15) is 0 Å². The molecule has 4 heteroatoms. The summed E-state index contributed by atoms with van der Waals surface area (Å²) in [5.41, 5.74) is 8.61. The number of hydrogen-bond donors (Lipinski definition) is 0. The lowest BCUT2D eigenvalue weighted by Gasteiger charge is -2.04. The van der Waals surface area contributed by atoms with Crippen LogP contribution in [-0.4, -0.2) is 18.8 Å². The SMILES string of the molecule is Cc1cn2ccc(-c3ccc(-c4cn5c(C)cccc5n4)cc3)cc2n1. The fraction of sp³-hybridized carbons (Fsp3) is 0.0909. The average molecular weight is 338 g/mol. The van der Waals surface area contributed by atoms with Crippen molar-refractivity contribution in [3.05, 3.63) is 84.6 Å². The molecule has 0 spiro atoms. The second kappa shape index (κ2) is 5.56. The van der Waals surface area contributed by atoms with Gasteiger partial charge < -0.3 is 8.80 Å². The molecule has 4 nitrogen and oxygen atoms in total. The summed E-state index contributed by atoms with van der Waals surface area (Å²) < 4.78 is 4.17. The van der Waals surface area contributed by atoms with Gasteiger partial charge in [-0.05, 0) is 49.2 Å². The first kappa shape index (κ1) is 14.9. The zero-order valence-electron chi connectivity index (χ0n) is 14.7. The lowest BCUT2D eigenvalue weighted by molar-refractivity contribution is 1.09. The number of fused-ring (bicyclic) bond motifs is 2. The van der Waals surface area contributed by atoms with E-state index in [4.69, 9.17) is 4.98 Å². The van der Waals surface area contributed by atoms with Crippen molar-refractivity contribution < 1.29 is 0 Å². The lowest BCUT2D eigenvalue weighted by Crippen LogP contribution is -1.86. The van der Waals surface area contributed by atoms with Crippen LogP contribution in [0.15, 0.2) is 73.2 Å². The number of hydrogen-bond acceptors (Lipinski definition) is 2. The van der Waals surface area contributed by atoms with Crippen molar-refractivity contribution in [1.29, 1.82) is 0 Å². The van der Waals surface area contributed by atoms with Gasteiger partial charge in [0, 0.05) is 29.8 Å². The van der Waals surface area contributed by atoms with Crippen molar-refractivity contribution in [2.45, 2.75) is 13.8 Å². The Hall–Kier alpha value is -3.40. The highest BCUT2D eigenvalue weighted by molar-refractivity contribution is 5.71. The molecule has 0 fully saturated rings. The van der Waals surface area contributed by atoms with Gasteiger partial charge in [-0.3, -0.25) is 0 Å². The average Bonchev–Trinajstić information content (AvgIpc) is 3.24. The van der Waals surface area contributed by atoms with E-state index in [0.717, 1.165) is 28.2 Å². The van der Waals surface area contributed by atoms with Crippen LogP contribution in [0.1, 0.15) is 11.4 Å². The molecule has 0 saturated carbocycles. The maximum absolute atomic E-state index is 4.74. The van der Waals surface area contributed by atoms with Crippen molar-refractivity contribution in [3.63, 3.8) is 0 Å². The molecule has 0 aliphatic carbocycles. The Morgan fingerprint density at radius 2 is 1.54 bits per heavy atom. The second-order valence-electron chi connectivity index (χ2n) is 6.66. The molecule has 4 heterocycles. The molecule has 0 N–H and O–H groups in total. The number of rotatable bonds is 2. The van der Waals surface area contributed by atoms with Crippen LogP contribution in [0.2, 0.25) is 0 Å². The van der Waals surface area contributed by atoms with Crippen molar-refractivity contribution >= 4 is 11.3 Å². The zero-order chi connectivity index (χ0) is 17.7. The van der Waals surface area contributed by atoms with E-state index in [1.54, 1.807) is 0 Å². The molecule has 0 radical (unpaired) electrons. The van der Waals surface area contributed by atoms with Crippen LogP contribution in [0, 0.1) is 13.8 Å². The minimum absolute atomic E-state index is 0.972. The Balaban J connectivity index is 1.53. The van der Waals surface area contributed by atoms with Crippen LogP contribution < -0.4 is 0 Å². The summed E-state index contributed by atoms with van der Waals surface area (Å²) >= 11 is 0. The molecule has 5 rings (SSSR count). The molecule has 0 unspecified atom stereocenters. The zero-order valence-corrected chi connectivity index (χ0v) is 14.7. The first-order valence-electron chi connectivity index (χ1n) is 8.68. The van der Waals surface area contributed by atoms with E-state index in [-0.39, 0.29) is 0 Å². The number of pyridine rings is 2. The topological polar surface area (TPSA) is 34.6 Å². The third-order valence-corrected chi connectivity index (χ3v) is 4.79. The maximum atomic E-state index is 4.74. The van der Waals surface area contributed by atoms with Gasteiger partial charge in [0.25, 0.3) is 0 Å². The normalized spacial score (nSPS) is 11.5. The minimum Gasteiger partial charge on any atom is -0.307 e. The van der Waals surface area contributed by atoms with Gasteiger partial charge in [0.15, 0.2) is 0 Å².